The number of unbranched alkanes of at least 4 members (excludes halogenated alkanes) is 1. The molecule has 2 aromatic carbocycles. The average molecular weight is 664 g/mol. The summed E-state index contributed by atoms with van der Waals surface area (Å²) in [7, 11) is 0. The number of carbonyl (C=O) groups excluding carboxylic acids is 3. The molecule has 0 saturated heterocycles. The first-order chi connectivity index (χ1) is 23.0. The minimum atomic E-state index is -0.939. The minimum Gasteiger partial charge on any atom is -0.480 e. The summed E-state index contributed by atoms with van der Waals surface area (Å²) < 4.78 is 12.0. The van der Waals surface area contributed by atoms with E-state index in [1.165, 1.54) is 17.8 Å². The number of hydrogen-bond acceptors (Lipinski definition) is 10. The van der Waals surface area contributed by atoms with Crippen molar-refractivity contribution in [2.75, 3.05) is 31.6 Å². The first kappa shape index (κ1) is 36.9. The van der Waals surface area contributed by atoms with Gasteiger partial charge in [-0.05, 0) is 38.3 Å². The zero-order valence-electron chi connectivity index (χ0n) is 27.4. The van der Waals surface area contributed by atoms with Gasteiger partial charge in [0.2, 0.25) is 5.95 Å². The van der Waals surface area contributed by atoms with E-state index >= 15 is 0 Å². The summed E-state index contributed by atoms with van der Waals surface area (Å²) in [6.45, 7) is 8.22. The highest BCUT2D eigenvalue weighted by Crippen LogP contribution is 2.27. The minimum absolute atomic E-state index is 0.0489. The van der Waals surface area contributed by atoms with Gasteiger partial charge in [-0.25, -0.2) is 14.6 Å². The number of nitrogens with one attached hydrogen (secondary N) is 4. The molecule has 0 saturated carbocycles. The molecule has 0 bridgehead atoms. The van der Waals surface area contributed by atoms with Gasteiger partial charge >= 0.3 is 18.2 Å². The third-order valence-electron chi connectivity index (χ3n) is 6.65. The van der Waals surface area contributed by atoms with Crippen LogP contribution >= 0.6 is 0 Å². The molecular formula is C33H41N7O8. The molecule has 15 heteroatoms. The predicted molar refractivity (Wildman–Crippen MR) is 178 cm³/mol. The summed E-state index contributed by atoms with van der Waals surface area (Å²) in [6.07, 6.45) is 1.25. The number of aryl methyl sites for hydroxylation is 2. The lowest BCUT2D eigenvalue weighted by Crippen LogP contribution is -2.34. The van der Waals surface area contributed by atoms with Gasteiger partial charge in [-0.3, -0.25) is 24.7 Å². The predicted octanol–water partition coefficient (Wildman–Crippen LogP) is 3.85. The standard InChI is InChI=1S/C20H24N2O4.C13H17N5O4/c1-14-3-7-16(8-4-14)19(17-9-5-15(2)6-10-17)26-20(25)22-12-11-21-13-18(23)24;1-3-4-5-22-13(21)17-12-15-10-9(11(20)16-12)14-7-18(10)6-8(2)19/h3-10,19,21H,11-13H2,1-2H3,(H,22,25)(H,23,24);7H,3-6H2,1-2H3,(H2,15,16,17,20,21). The van der Waals surface area contributed by atoms with Crippen molar-refractivity contribution in [3.8, 4) is 0 Å². The van der Waals surface area contributed by atoms with Crippen LogP contribution in [0.25, 0.3) is 11.2 Å². The van der Waals surface area contributed by atoms with E-state index in [2.05, 4.69) is 30.9 Å². The van der Waals surface area contributed by atoms with E-state index in [1.54, 1.807) is 0 Å². The highest BCUT2D eigenvalue weighted by atomic mass is 16.6. The molecular weight excluding hydrogens is 622 g/mol. The summed E-state index contributed by atoms with van der Waals surface area (Å²) in [4.78, 5) is 67.6. The molecule has 2 amide bonds. The van der Waals surface area contributed by atoms with Crippen molar-refractivity contribution < 1.29 is 33.8 Å². The molecule has 5 N–H and O–H groups in total. The van der Waals surface area contributed by atoms with Crippen LogP contribution in [0.2, 0.25) is 0 Å². The number of fused-ring (bicyclic) bond motifs is 1. The van der Waals surface area contributed by atoms with Crippen LogP contribution in [0, 0.1) is 13.8 Å². The zero-order valence-corrected chi connectivity index (χ0v) is 27.4. The van der Waals surface area contributed by atoms with E-state index in [-0.39, 0.29) is 49.1 Å². The lowest BCUT2D eigenvalue weighted by atomic mass is 9.99. The molecule has 0 atom stereocenters. The number of aromatic nitrogens is 4. The number of Topliss-reactive ketones (excluding diaryl/α,β-unsaturated/α-hetero) is 1. The molecule has 256 valence electrons. The normalized spacial score (nSPS) is 10.6. The van der Waals surface area contributed by atoms with E-state index in [0.29, 0.717) is 6.54 Å². The van der Waals surface area contributed by atoms with Crippen LogP contribution in [-0.4, -0.2) is 74.8 Å². The van der Waals surface area contributed by atoms with E-state index in [4.69, 9.17) is 14.6 Å². The molecule has 0 fully saturated rings. The number of imidazole rings is 1. The highest BCUT2D eigenvalue weighted by molar-refractivity contribution is 5.84. The first-order valence-corrected chi connectivity index (χ1v) is 15.3. The van der Waals surface area contributed by atoms with Crippen molar-refractivity contribution in [3.05, 3.63) is 87.5 Å². The molecule has 4 aromatic rings. The number of benzene rings is 2. The third-order valence-corrected chi connectivity index (χ3v) is 6.65. The Kier molecular flexibility index (Phi) is 14.3. The Bertz CT molecular complexity index is 1690. The number of rotatable bonds is 14. The number of carbonyl (C=O) groups is 4. The van der Waals surface area contributed by atoms with Crippen molar-refractivity contribution in [3.63, 3.8) is 0 Å². The average Bonchev–Trinajstić information content (AvgIpc) is 3.43. The second-order valence-corrected chi connectivity index (χ2v) is 10.9. The van der Waals surface area contributed by atoms with E-state index < -0.39 is 29.8 Å². The number of hydrogen-bond donors (Lipinski definition) is 5. The molecule has 0 aliphatic heterocycles. The van der Waals surface area contributed by atoms with Crippen LogP contribution in [0.15, 0.2) is 59.7 Å². The number of aromatic amines is 1. The van der Waals surface area contributed by atoms with Gasteiger partial charge in [0.05, 0.1) is 26.0 Å². The number of aliphatic carboxylic acids is 1. The Hall–Kier alpha value is -5.57. The van der Waals surface area contributed by atoms with Crippen LogP contribution in [0.1, 0.15) is 55.0 Å². The maximum Gasteiger partial charge on any atom is 0.413 e. The summed E-state index contributed by atoms with van der Waals surface area (Å²) in [5.41, 5.74) is 3.86. The Morgan fingerprint density at radius 1 is 0.958 bits per heavy atom. The van der Waals surface area contributed by atoms with Crippen molar-refractivity contribution in [1.82, 2.24) is 30.2 Å². The Labute approximate surface area is 277 Å². The number of H-pyrrole nitrogens is 1. The number of alkyl carbamates (subject to hydrolysis) is 1. The lowest BCUT2D eigenvalue weighted by Gasteiger charge is -2.19. The number of ether oxygens (including phenoxy) is 2. The van der Waals surface area contributed by atoms with Gasteiger partial charge < -0.3 is 29.8 Å². The van der Waals surface area contributed by atoms with Gasteiger partial charge in [-0.2, -0.15) is 4.98 Å². The molecule has 0 spiro atoms. The van der Waals surface area contributed by atoms with E-state index in [0.717, 1.165) is 35.1 Å². The number of carboxylic acid groups (broad SMARTS) is 1. The first-order valence-electron chi connectivity index (χ1n) is 15.3. The monoisotopic (exact) mass is 663 g/mol. The lowest BCUT2D eigenvalue weighted by molar-refractivity contribution is -0.136. The van der Waals surface area contributed by atoms with Crippen LogP contribution in [0.4, 0.5) is 15.5 Å². The van der Waals surface area contributed by atoms with Crippen molar-refractivity contribution >= 4 is 41.1 Å². The fraction of sp³-hybridized carbons (Fsp3) is 0.364. The van der Waals surface area contributed by atoms with Crippen LogP contribution in [-0.2, 0) is 25.6 Å². The van der Waals surface area contributed by atoms with Gasteiger partial charge in [0.1, 0.15) is 5.78 Å². The number of amides is 2. The Morgan fingerprint density at radius 3 is 2.15 bits per heavy atom. The topological polar surface area (TPSA) is 207 Å². The maximum atomic E-state index is 12.2. The largest absolute Gasteiger partial charge is 0.480 e. The van der Waals surface area contributed by atoms with Crippen molar-refractivity contribution in [1.29, 1.82) is 0 Å². The number of carboxylic acids is 1. The SMILES string of the molecule is CCCCOC(=O)Nc1nc2c(ncn2CC(C)=O)c(=O)[nH]1.Cc1ccc(C(OC(=O)NCCNCC(=O)O)c2ccc(C)cc2)cc1. The molecule has 15 nitrogen and oxygen atoms in total. The highest BCUT2D eigenvalue weighted by Gasteiger charge is 2.19. The van der Waals surface area contributed by atoms with E-state index in [9.17, 15) is 24.0 Å². The van der Waals surface area contributed by atoms with Gasteiger partial charge in [0.15, 0.2) is 17.3 Å². The molecule has 0 aliphatic rings. The van der Waals surface area contributed by atoms with Crippen molar-refractivity contribution in [2.45, 2.75) is 53.2 Å². The number of ketones is 1. The number of anilines is 1. The van der Waals surface area contributed by atoms with Crippen LogP contribution < -0.4 is 21.5 Å². The third kappa shape index (κ3) is 12.0. The van der Waals surface area contributed by atoms with E-state index in [1.807, 2.05) is 69.3 Å². The summed E-state index contributed by atoms with van der Waals surface area (Å²) in [5.74, 6) is -1.09. The quantitative estimate of drug-likeness (QED) is 0.122. The second kappa shape index (κ2) is 18.5. The van der Waals surface area contributed by atoms with Gasteiger partial charge in [0.25, 0.3) is 5.56 Å². The number of nitrogens with zero attached hydrogens (tertiary/aromatic N) is 3. The smallest absolute Gasteiger partial charge is 0.413 e. The summed E-state index contributed by atoms with van der Waals surface area (Å²) in [6, 6.07) is 15.7. The Balaban J connectivity index is 0.000000264. The fourth-order valence-electron chi connectivity index (χ4n) is 4.22. The molecule has 0 radical (unpaired) electrons. The van der Waals surface area contributed by atoms with Crippen LogP contribution in [0.5, 0.6) is 0 Å². The van der Waals surface area contributed by atoms with Crippen LogP contribution in [0.3, 0.4) is 0 Å². The molecule has 0 aliphatic carbocycles. The summed E-state index contributed by atoms with van der Waals surface area (Å²) >= 11 is 0. The molecule has 48 heavy (non-hydrogen) atoms. The molecule has 2 aromatic heterocycles. The Morgan fingerprint density at radius 2 is 1.58 bits per heavy atom. The van der Waals surface area contributed by atoms with Gasteiger partial charge in [-0.1, -0.05) is 73.0 Å². The summed E-state index contributed by atoms with van der Waals surface area (Å²) in [5, 5.41) is 16.2. The molecule has 4 rings (SSSR count). The molecule has 2 heterocycles. The zero-order chi connectivity index (χ0) is 35.1. The second-order valence-electron chi connectivity index (χ2n) is 10.9. The van der Waals surface area contributed by atoms with Crippen molar-refractivity contribution in [2.24, 2.45) is 0 Å². The fourth-order valence-corrected chi connectivity index (χ4v) is 4.22. The molecule has 0 unspecified atom stereocenters. The van der Waals surface area contributed by atoms with Gasteiger partial charge in [-0.15, -0.1) is 0 Å². The maximum absolute atomic E-state index is 12.2. The van der Waals surface area contributed by atoms with Gasteiger partial charge in [0, 0.05) is 13.1 Å².